The number of hydrogen-bond acceptors (Lipinski definition) is 4. The second kappa shape index (κ2) is 13.2. The first-order valence-electron chi connectivity index (χ1n) is 17.8. The maximum Gasteiger partial charge on any atom is 0.305 e. The number of esters is 1. The highest BCUT2D eigenvalue weighted by Crippen LogP contribution is 2.44. The molecule has 47 heavy (non-hydrogen) atoms. The van der Waals surface area contributed by atoms with Gasteiger partial charge in [0.15, 0.2) is 0 Å². The molecule has 3 aromatic rings. The lowest BCUT2D eigenvalue weighted by atomic mass is 9.69. The smallest absolute Gasteiger partial charge is 0.305 e. The average Bonchev–Trinajstić information content (AvgIpc) is 3.37. The summed E-state index contributed by atoms with van der Waals surface area (Å²) in [6, 6.07) is 15.7. The molecular formula is C40H54ClN3O3. The van der Waals surface area contributed by atoms with Gasteiger partial charge in [0.25, 0.3) is 5.91 Å². The first kappa shape index (κ1) is 34.0. The van der Waals surface area contributed by atoms with Crippen LogP contribution >= 0.6 is 11.6 Å². The van der Waals surface area contributed by atoms with Crippen LogP contribution in [0.25, 0.3) is 10.9 Å². The molecule has 3 aliphatic rings. The molecule has 6 rings (SSSR count). The van der Waals surface area contributed by atoms with Crippen molar-refractivity contribution >= 4 is 34.4 Å². The van der Waals surface area contributed by atoms with E-state index in [1.807, 2.05) is 18.2 Å². The molecule has 0 unspecified atom stereocenters. The van der Waals surface area contributed by atoms with Gasteiger partial charge in [0.2, 0.25) is 0 Å². The predicted octanol–water partition coefficient (Wildman–Crippen LogP) is 8.60. The van der Waals surface area contributed by atoms with Crippen LogP contribution in [-0.4, -0.2) is 65.1 Å². The van der Waals surface area contributed by atoms with Gasteiger partial charge < -0.3 is 14.2 Å². The van der Waals surface area contributed by atoms with Crippen molar-refractivity contribution in [1.82, 2.24) is 14.4 Å². The summed E-state index contributed by atoms with van der Waals surface area (Å²) in [5.41, 5.74) is 5.48. The number of ether oxygens (including phenoxy) is 1. The summed E-state index contributed by atoms with van der Waals surface area (Å²) >= 11 is 6.60. The molecule has 0 N–H and O–H groups in total. The lowest BCUT2D eigenvalue weighted by molar-refractivity contribution is -0.140. The number of nitrogens with zero attached hydrogens (tertiary/aromatic N) is 3. The van der Waals surface area contributed by atoms with Crippen LogP contribution in [0, 0.1) is 11.8 Å². The van der Waals surface area contributed by atoms with Gasteiger partial charge in [0.05, 0.1) is 12.6 Å². The highest BCUT2D eigenvalue weighted by atomic mass is 35.5. The zero-order chi connectivity index (χ0) is 33.7. The number of piperidine rings is 3. The van der Waals surface area contributed by atoms with E-state index in [4.69, 9.17) is 16.3 Å². The standard InChI is InChI=1S/C40H54ClN3O3/c1-39(2,3)29-19-26(20-30(22-29)40(4,5)6)24-43-34-23-31(41)16-15-27(34)21-35(43)38(46)44-25-28-11-9-17-42-18-10-12-32(37(28)42)33(44)13-8-14-36(45)47-7/h15-16,19-23,28,32-33,37H,8-14,17-18,24-25H2,1-7H3/t28-,32+,33+,37-/m0/s1. The first-order chi connectivity index (χ1) is 22.2. The number of fused-ring (bicyclic) bond motifs is 1. The molecular weight excluding hydrogens is 606 g/mol. The Balaban J connectivity index is 1.42. The Labute approximate surface area is 286 Å². The molecule has 1 amide bonds. The van der Waals surface area contributed by atoms with E-state index in [0.717, 1.165) is 42.4 Å². The van der Waals surface area contributed by atoms with Gasteiger partial charge in [0.1, 0.15) is 5.69 Å². The fourth-order valence-corrected chi connectivity index (χ4v) is 8.88. The van der Waals surface area contributed by atoms with Crippen molar-refractivity contribution in [3.63, 3.8) is 0 Å². The fraction of sp³-hybridized carbons (Fsp3) is 0.600. The Hall–Kier alpha value is -2.83. The molecule has 1 aromatic heterocycles. The molecule has 0 radical (unpaired) electrons. The van der Waals surface area contributed by atoms with Crippen LogP contribution in [0.4, 0.5) is 0 Å². The van der Waals surface area contributed by atoms with Gasteiger partial charge in [-0.15, -0.1) is 0 Å². The highest BCUT2D eigenvalue weighted by Gasteiger charge is 2.50. The summed E-state index contributed by atoms with van der Waals surface area (Å²) in [5, 5.41) is 1.69. The van der Waals surface area contributed by atoms with Gasteiger partial charge in [-0.2, -0.15) is 0 Å². The van der Waals surface area contributed by atoms with Gasteiger partial charge in [-0.1, -0.05) is 77.4 Å². The summed E-state index contributed by atoms with van der Waals surface area (Å²) in [6.45, 7) is 17.3. The second-order valence-electron chi connectivity index (χ2n) is 16.5. The van der Waals surface area contributed by atoms with E-state index in [1.165, 1.54) is 56.2 Å². The largest absolute Gasteiger partial charge is 0.469 e. The maximum absolute atomic E-state index is 15.1. The molecule has 4 heterocycles. The quantitative estimate of drug-likeness (QED) is 0.238. The normalized spacial score (nSPS) is 23.5. The van der Waals surface area contributed by atoms with Gasteiger partial charge in [-0.05, 0) is 109 Å². The summed E-state index contributed by atoms with van der Waals surface area (Å²) < 4.78 is 7.19. The van der Waals surface area contributed by atoms with Crippen LogP contribution in [-0.2, 0) is 26.9 Å². The van der Waals surface area contributed by atoms with E-state index in [9.17, 15) is 4.79 Å². The van der Waals surface area contributed by atoms with Crippen molar-refractivity contribution in [3.8, 4) is 0 Å². The van der Waals surface area contributed by atoms with E-state index in [-0.39, 0.29) is 28.7 Å². The molecule has 0 saturated carbocycles. The minimum atomic E-state index is -0.177. The number of carbonyl (C=O) groups is 2. The van der Waals surface area contributed by atoms with Crippen molar-refractivity contribution in [2.24, 2.45) is 11.8 Å². The number of carbonyl (C=O) groups excluding carboxylic acids is 2. The van der Waals surface area contributed by atoms with Gasteiger partial charge in [0, 0.05) is 42.0 Å². The Kier molecular flexibility index (Phi) is 9.59. The van der Waals surface area contributed by atoms with E-state index in [1.54, 1.807) is 0 Å². The maximum atomic E-state index is 15.1. The lowest BCUT2D eigenvalue weighted by Gasteiger charge is -2.57. The topological polar surface area (TPSA) is 54.8 Å². The molecule has 4 atom stereocenters. The second-order valence-corrected chi connectivity index (χ2v) is 16.9. The summed E-state index contributed by atoms with van der Waals surface area (Å²) in [6.07, 6.45) is 6.60. The molecule has 3 saturated heterocycles. The number of rotatable bonds is 7. The van der Waals surface area contributed by atoms with Crippen LogP contribution in [0.15, 0.2) is 42.5 Å². The van der Waals surface area contributed by atoms with Crippen molar-refractivity contribution in [2.75, 3.05) is 26.7 Å². The monoisotopic (exact) mass is 659 g/mol. The molecule has 6 nitrogen and oxygen atoms in total. The Morgan fingerprint density at radius 2 is 1.60 bits per heavy atom. The molecule has 3 aliphatic heterocycles. The van der Waals surface area contributed by atoms with E-state index < -0.39 is 0 Å². The van der Waals surface area contributed by atoms with Crippen molar-refractivity contribution in [2.45, 2.75) is 116 Å². The third-order valence-corrected chi connectivity index (χ3v) is 11.4. The molecule has 254 valence electrons. The molecule has 2 aromatic carbocycles. The summed E-state index contributed by atoms with van der Waals surface area (Å²) in [4.78, 5) is 32.1. The SMILES string of the molecule is COC(=O)CCC[C@@H]1[C@H]2CCCN3CCC[C@@H](CN1C(=O)c1cc4ccc(Cl)cc4n1Cc1cc(C(C)(C)C)cc(C(C)(C)C)c1)[C@@H]23. The van der Waals surface area contributed by atoms with Crippen molar-refractivity contribution in [1.29, 1.82) is 0 Å². The van der Waals surface area contributed by atoms with Gasteiger partial charge >= 0.3 is 5.97 Å². The van der Waals surface area contributed by atoms with Crippen molar-refractivity contribution in [3.05, 3.63) is 69.9 Å². The zero-order valence-corrected chi connectivity index (χ0v) is 30.3. The number of benzene rings is 2. The van der Waals surface area contributed by atoms with Gasteiger partial charge in [-0.25, -0.2) is 0 Å². The number of likely N-dealkylation sites (tertiary alicyclic amines) is 1. The summed E-state index contributed by atoms with van der Waals surface area (Å²) in [5.74, 6) is 0.836. The fourth-order valence-electron chi connectivity index (χ4n) is 8.71. The van der Waals surface area contributed by atoms with Crippen LogP contribution in [0.2, 0.25) is 5.02 Å². The third kappa shape index (κ3) is 7.01. The molecule has 0 aliphatic carbocycles. The van der Waals surface area contributed by atoms with E-state index in [2.05, 4.69) is 80.2 Å². The van der Waals surface area contributed by atoms with Crippen LogP contribution in [0.3, 0.4) is 0 Å². The molecule has 7 heteroatoms. The predicted molar refractivity (Wildman–Crippen MR) is 191 cm³/mol. The summed E-state index contributed by atoms with van der Waals surface area (Å²) in [7, 11) is 1.46. The first-order valence-corrected chi connectivity index (χ1v) is 18.2. The van der Waals surface area contributed by atoms with E-state index in [0.29, 0.717) is 35.9 Å². The van der Waals surface area contributed by atoms with Gasteiger partial charge in [-0.3, -0.25) is 14.5 Å². The molecule has 0 spiro atoms. The molecule has 3 fully saturated rings. The number of amides is 1. The lowest BCUT2D eigenvalue weighted by Crippen LogP contribution is -2.65. The molecule has 0 bridgehead atoms. The Morgan fingerprint density at radius 1 is 0.915 bits per heavy atom. The highest BCUT2D eigenvalue weighted by molar-refractivity contribution is 6.31. The van der Waals surface area contributed by atoms with E-state index >= 15 is 4.79 Å². The van der Waals surface area contributed by atoms with Crippen LogP contribution < -0.4 is 0 Å². The van der Waals surface area contributed by atoms with Crippen LogP contribution in [0.1, 0.15) is 114 Å². The zero-order valence-electron chi connectivity index (χ0n) is 29.6. The number of hydrogen-bond donors (Lipinski definition) is 0. The average molecular weight is 660 g/mol. The number of halogens is 1. The Morgan fingerprint density at radius 3 is 2.26 bits per heavy atom. The number of methoxy groups -OCH3 is 1. The Bertz CT molecular complexity index is 1600. The third-order valence-electron chi connectivity index (χ3n) is 11.2. The number of aromatic nitrogens is 1. The van der Waals surface area contributed by atoms with Crippen molar-refractivity contribution < 1.29 is 14.3 Å². The minimum absolute atomic E-state index is 0.00758. The minimum Gasteiger partial charge on any atom is -0.469 e. The van der Waals surface area contributed by atoms with Crippen LogP contribution in [0.5, 0.6) is 0 Å².